The molecule has 0 unspecified atom stereocenters. The molecule has 0 radical (unpaired) electrons. The van der Waals surface area contributed by atoms with Crippen molar-refractivity contribution in [1.82, 2.24) is 19.9 Å². The Morgan fingerprint density at radius 1 is 0.786 bits per heavy atom. The summed E-state index contributed by atoms with van der Waals surface area (Å²) >= 11 is 6.10. The lowest BCUT2D eigenvalue weighted by Gasteiger charge is -2.18. The second-order valence-corrected chi connectivity index (χ2v) is 7.86. The largest absolute Gasteiger partial charge is 0.339 e. The van der Waals surface area contributed by atoms with Crippen molar-refractivity contribution in [3.8, 4) is 22.6 Å². The number of fused-ring (bicyclic) bond motifs is 1. The molecule has 1 N–H and O–H groups in total. The van der Waals surface area contributed by atoms with Gasteiger partial charge in [-0.3, -0.25) is 0 Å². The van der Waals surface area contributed by atoms with Crippen molar-refractivity contribution >= 4 is 22.8 Å². The molecule has 0 saturated heterocycles. The Morgan fingerprint density at radius 2 is 1.54 bits per heavy atom. The molecule has 4 nitrogen and oxygen atoms in total. The predicted octanol–water partition coefficient (Wildman–Crippen LogP) is 6.39. The molecule has 0 atom stereocenters. The van der Waals surface area contributed by atoms with Gasteiger partial charge in [-0.05, 0) is 25.0 Å². The van der Waals surface area contributed by atoms with Gasteiger partial charge >= 0.3 is 0 Å². The Labute approximate surface area is 169 Å². The molecule has 0 aliphatic heterocycles. The maximum absolute atomic E-state index is 6.10. The number of imidazole rings is 1. The first-order valence-electron chi connectivity index (χ1n) is 9.87. The fraction of sp³-hybridized carbons (Fsp3) is 0.261. The highest BCUT2D eigenvalue weighted by Gasteiger charge is 2.22. The highest BCUT2D eigenvalue weighted by atomic mass is 35.5. The normalized spacial score (nSPS) is 15.2. The second kappa shape index (κ2) is 7.36. The van der Waals surface area contributed by atoms with Crippen molar-refractivity contribution in [3.63, 3.8) is 0 Å². The van der Waals surface area contributed by atoms with Gasteiger partial charge < -0.3 is 4.98 Å². The zero-order valence-corrected chi connectivity index (χ0v) is 16.3. The Hall–Kier alpha value is -2.72. The molecule has 2 heterocycles. The zero-order valence-electron chi connectivity index (χ0n) is 15.5. The molecule has 1 aliphatic carbocycles. The van der Waals surface area contributed by atoms with E-state index >= 15 is 0 Å². The molecule has 2 aromatic carbocycles. The summed E-state index contributed by atoms with van der Waals surface area (Å²) in [5.74, 6) is 2.23. The Balaban J connectivity index is 1.69. The van der Waals surface area contributed by atoms with Crippen LogP contribution in [0, 0.1) is 0 Å². The highest BCUT2D eigenvalue weighted by Crippen LogP contribution is 2.34. The molecule has 1 saturated carbocycles. The van der Waals surface area contributed by atoms with Crippen molar-refractivity contribution in [2.75, 3.05) is 0 Å². The van der Waals surface area contributed by atoms with Crippen LogP contribution in [-0.4, -0.2) is 19.9 Å². The van der Waals surface area contributed by atoms with E-state index in [0.29, 0.717) is 16.8 Å². The number of aromatic nitrogens is 4. The summed E-state index contributed by atoms with van der Waals surface area (Å²) in [6.07, 6.45) is 6.24. The first-order chi connectivity index (χ1) is 13.8. The minimum absolute atomic E-state index is 0.487. The molecule has 1 aliphatic rings. The molecular formula is C23H21ClN4. The average Bonchev–Trinajstić information content (AvgIpc) is 3.19. The van der Waals surface area contributed by atoms with E-state index < -0.39 is 0 Å². The standard InChI is InChI=1S/C23H21ClN4/c24-18-13-11-15(12-14-18)19-20-23(27-21(25-19)16-7-3-1-4-8-16)28-22(26-20)17-9-5-2-6-10-17/h1,3-4,7-8,11-14,17H,2,5-6,9-10H2,(H,25,26,27,28). The number of nitrogens with one attached hydrogen (secondary N) is 1. The van der Waals surface area contributed by atoms with Crippen LogP contribution in [0.15, 0.2) is 54.6 Å². The van der Waals surface area contributed by atoms with Crippen LogP contribution in [0.4, 0.5) is 0 Å². The number of hydrogen-bond donors (Lipinski definition) is 1. The zero-order chi connectivity index (χ0) is 18.9. The second-order valence-electron chi connectivity index (χ2n) is 7.42. The molecule has 4 aromatic rings. The van der Waals surface area contributed by atoms with Crippen LogP contribution in [0.3, 0.4) is 0 Å². The molecule has 0 bridgehead atoms. The van der Waals surface area contributed by atoms with Crippen molar-refractivity contribution in [1.29, 1.82) is 0 Å². The quantitative estimate of drug-likeness (QED) is 0.442. The minimum Gasteiger partial charge on any atom is -0.339 e. The van der Waals surface area contributed by atoms with Crippen LogP contribution < -0.4 is 0 Å². The maximum atomic E-state index is 6.10. The van der Waals surface area contributed by atoms with Crippen molar-refractivity contribution in [2.24, 2.45) is 0 Å². The van der Waals surface area contributed by atoms with Gasteiger partial charge in [0.1, 0.15) is 17.0 Å². The van der Waals surface area contributed by atoms with Crippen LogP contribution >= 0.6 is 11.6 Å². The minimum atomic E-state index is 0.487. The predicted molar refractivity (Wildman–Crippen MR) is 113 cm³/mol. The third-order valence-corrected chi connectivity index (χ3v) is 5.76. The van der Waals surface area contributed by atoms with Crippen LogP contribution in [0.2, 0.25) is 5.02 Å². The van der Waals surface area contributed by atoms with Gasteiger partial charge in [0.25, 0.3) is 0 Å². The first-order valence-corrected chi connectivity index (χ1v) is 10.2. The van der Waals surface area contributed by atoms with E-state index in [0.717, 1.165) is 33.8 Å². The maximum Gasteiger partial charge on any atom is 0.182 e. The van der Waals surface area contributed by atoms with Gasteiger partial charge in [0.15, 0.2) is 11.5 Å². The van der Waals surface area contributed by atoms with Crippen molar-refractivity contribution in [3.05, 3.63) is 65.4 Å². The highest BCUT2D eigenvalue weighted by molar-refractivity contribution is 6.30. The lowest BCUT2D eigenvalue weighted by Crippen LogP contribution is -2.05. The van der Waals surface area contributed by atoms with E-state index in [4.69, 9.17) is 26.6 Å². The lowest BCUT2D eigenvalue weighted by molar-refractivity contribution is 0.431. The van der Waals surface area contributed by atoms with Gasteiger partial charge in [-0.15, -0.1) is 0 Å². The summed E-state index contributed by atoms with van der Waals surface area (Å²) in [4.78, 5) is 18.1. The summed E-state index contributed by atoms with van der Waals surface area (Å²) < 4.78 is 0. The molecule has 28 heavy (non-hydrogen) atoms. The number of rotatable bonds is 3. The van der Waals surface area contributed by atoms with Crippen LogP contribution in [0.1, 0.15) is 43.8 Å². The SMILES string of the molecule is Clc1ccc(-c2nc(-c3ccccc3)nc3nc(C4CCCCC4)[nH]c23)cc1. The van der Waals surface area contributed by atoms with Gasteiger partial charge in [-0.2, -0.15) is 0 Å². The number of nitrogens with zero attached hydrogens (tertiary/aromatic N) is 3. The number of H-pyrrole nitrogens is 1. The third kappa shape index (κ3) is 3.29. The van der Waals surface area contributed by atoms with Gasteiger partial charge in [0.05, 0.1) is 0 Å². The molecular weight excluding hydrogens is 368 g/mol. The van der Waals surface area contributed by atoms with Crippen LogP contribution in [-0.2, 0) is 0 Å². The molecule has 2 aromatic heterocycles. The van der Waals surface area contributed by atoms with Gasteiger partial charge in [0.2, 0.25) is 0 Å². The van der Waals surface area contributed by atoms with E-state index in [1.807, 2.05) is 54.6 Å². The number of aromatic amines is 1. The van der Waals surface area contributed by atoms with Crippen molar-refractivity contribution in [2.45, 2.75) is 38.0 Å². The average molecular weight is 389 g/mol. The molecule has 1 fully saturated rings. The number of hydrogen-bond acceptors (Lipinski definition) is 3. The van der Waals surface area contributed by atoms with E-state index in [1.165, 1.54) is 32.1 Å². The van der Waals surface area contributed by atoms with E-state index in [2.05, 4.69) is 4.98 Å². The summed E-state index contributed by atoms with van der Waals surface area (Å²) in [5.41, 5.74) is 4.51. The monoisotopic (exact) mass is 388 g/mol. The Kier molecular flexibility index (Phi) is 4.57. The summed E-state index contributed by atoms with van der Waals surface area (Å²) in [6, 6.07) is 17.9. The van der Waals surface area contributed by atoms with Crippen LogP contribution in [0.5, 0.6) is 0 Å². The number of halogens is 1. The fourth-order valence-corrected chi connectivity index (χ4v) is 4.14. The van der Waals surface area contributed by atoms with Gasteiger partial charge in [-0.1, -0.05) is 73.3 Å². The van der Waals surface area contributed by atoms with Crippen LogP contribution in [0.25, 0.3) is 33.8 Å². The Morgan fingerprint density at radius 3 is 2.29 bits per heavy atom. The number of benzene rings is 2. The molecule has 5 heteroatoms. The molecule has 0 spiro atoms. The molecule has 140 valence electrons. The van der Waals surface area contributed by atoms with E-state index in [1.54, 1.807) is 0 Å². The fourth-order valence-electron chi connectivity index (χ4n) is 4.02. The molecule has 5 rings (SSSR count). The van der Waals surface area contributed by atoms with E-state index in [9.17, 15) is 0 Å². The topological polar surface area (TPSA) is 54.5 Å². The smallest absolute Gasteiger partial charge is 0.182 e. The summed E-state index contributed by atoms with van der Waals surface area (Å²) in [5, 5.41) is 0.713. The van der Waals surface area contributed by atoms with Crippen molar-refractivity contribution < 1.29 is 0 Å². The lowest BCUT2D eigenvalue weighted by atomic mass is 9.89. The van der Waals surface area contributed by atoms with E-state index in [-0.39, 0.29) is 0 Å². The van der Waals surface area contributed by atoms with Gasteiger partial charge in [0, 0.05) is 22.1 Å². The summed E-state index contributed by atoms with van der Waals surface area (Å²) in [6.45, 7) is 0. The third-order valence-electron chi connectivity index (χ3n) is 5.51. The molecule has 0 amide bonds. The first kappa shape index (κ1) is 17.4. The summed E-state index contributed by atoms with van der Waals surface area (Å²) in [7, 11) is 0. The van der Waals surface area contributed by atoms with Gasteiger partial charge in [-0.25, -0.2) is 15.0 Å². The Bertz CT molecular complexity index is 1100.